The lowest BCUT2D eigenvalue weighted by molar-refractivity contribution is -0.274. The lowest BCUT2D eigenvalue weighted by Gasteiger charge is -2.40. The second-order valence-electron chi connectivity index (χ2n) is 9.48. The molecule has 3 aliphatic rings. The molecule has 0 radical (unpaired) electrons. The van der Waals surface area contributed by atoms with E-state index in [0.717, 1.165) is 25.9 Å². The summed E-state index contributed by atoms with van der Waals surface area (Å²) in [6.45, 7) is 1.26. The highest BCUT2D eigenvalue weighted by molar-refractivity contribution is 5.79. The summed E-state index contributed by atoms with van der Waals surface area (Å²) in [5.41, 5.74) is 8.13. The molecule has 0 bridgehead atoms. The average molecular weight is 503 g/mol. The van der Waals surface area contributed by atoms with E-state index in [2.05, 4.69) is 27.8 Å². The van der Waals surface area contributed by atoms with Gasteiger partial charge in [0.1, 0.15) is 5.75 Å². The van der Waals surface area contributed by atoms with Crippen molar-refractivity contribution in [3.63, 3.8) is 0 Å². The molecule has 2 N–H and O–H groups in total. The van der Waals surface area contributed by atoms with Gasteiger partial charge in [-0.3, -0.25) is 0 Å². The van der Waals surface area contributed by atoms with Crippen LogP contribution >= 0.6 is 0 Å². The monoisotopic (exact) mass is 502 g/mol. The number of amides is 2. The van der Waals surface area contributed by atoms with Gasteiger partial charge in [-0.1, -0.05) is 30.3 Å². The van der Waals surface area contributed by atoms with Crippen LogP contribution in [0.15, 0.2) is 60.8 Å². The van der Waals surface area contributed by atoms with Crippen molar-refractivity contribution < 1.29 is 27.4 Å². The molecule has 2 fully saturated rings. The Bertz CT molecular complexity index is 1070. The Balaban J connectivity index is 1.28. The van der Waals surface area contributed by atoms with Crippen molar-refractivity contribution in [3.8, 4) is 5.75 Å². The summed E-state index contributed by atoms with van der Waals surface area (Å²) in [4.78, 5) is 15.5. The third-order valence-corrected chi connectivity index (χ3v) is 6.66. The molecule has 0 unspecified atom stereocenters. The average Bonchev–Trinajstić information content (AvgIpc) is 3.57. The summed E-state index contributed by atoms with van der Waals surface area (Å²) >= 11 is 0. The maximum absolute atomic E-state index is 13.6. The molecule has 7 nitrogen and oxygen atoms in total. The highest BCUT2D eigenvalue weighted by Gasteiger charge is 2.36. The molecule has 2 aromatic rings. The van der Waals surface area contributed by atoms with Gasteiger partial charge in [-0.05, 0) is 67.9 Å². The van der Waals surface area contributed by atoms with Gasteiger partial charge in [0.25, 0.3) is 0 Å². The number of halogens is 3. The Morgan fingerprint density at radius 2 is 1.75 bits per heavy atom. The smallest absolute Gasteiger partial charge is 0.406 e. The van der Waals surface area contributed by atoms with E-state index < -0.39 is 6.36 Å². The molecular formula is C26H29F3N4O3. The molecule has 1 saturated carbocycles. The van der Waals surface area contributed by atoms with E-state index in [4.69, 9.17) is 4.74 Å². The number of carbonyl (C=O) groups excluding carboxylic acids is 1. The molecule has 192 valence electrons. The maximum atomic E-state index is 13.6. The quantitative estimate of drug-likeness (QED) is 0.568. The van der Waals surface area contributed by atoms with Gasteiger partial charge in [0, 0.05) is 24.8 Å². The van der Waals surface area contributed by atoms with E-state index in [1.807, 2.05) is 23.1 Å². The van der Waals surface area contributed by atoms with E-state index in [0.29, 0.717) is 23.7 Å². The summed E-state index contributed by atoms with van der Waals surface area (Å²) in [6, 6.07) is 15.4. The van der Waals surface area contributed by atoms with E-state index in [-0.39, 0.29) is 23.9 Å². The van der Waals surface area contributed by atoms with Gasteiger partial charge < -0.3 is 19.8 Å². The number of rotatable bonds is 7. The first-order valence-electron chi connectivity index (χ1n) is 12.2. The first kappa shape index (κ1) is 24.5. The second-order valence-corrected chi connectivity index (χ2v) is 9.48. The number of likely N-dealkylation sites (tertiary alicyclic amines) is 1. The van der Waals surface area contributed by atoms with E-state index in [1.165, 1.54) is 47.7 Å². The zero-order valence-corrected chi connectivity index (χ0v) is 19.7. The molecule has 2 heterocycles. The molecule has 0 aromatic heterocycles. The molecule has 0 spiro atoms. The molecule has 36 heavy (non-hydrogen) atoms. The third kappa shape index (κ3) is 6.30. The Hall–Kier alpha value is -3.24. The van der Waals surface area contributed by atoms with Crippen molar-refractivity contribution in [2.24, 2.45) is 5.92 Å². The molecule has 5 rings (SSSR count). The SMILES string of the molecule is O=C(N1C=C(c2ccc(OC(F)(F)F)cc2)NN1)N1C[C@H](OCC2CC2)CC[C@@H]1Cc1ccccc1. The number of carbonyl (C=O) groups is 1. The Morgan fingerprint density at radius 3 is 2.44 bits per heavy atom. The number of nitrogens with zero attached hydrogens (tertiary/aromatic N) is 2. The zero-order chi connectivity index (χ0) is 25.1. The number of hydrogen-bond donors (Lipinski definition) is 2. The van der Waals surface area contributed by atoms with Crippen LogP contribution in [0.5, 0.6) is 5.75 Å². The molecule has 2 amide bonds. The minimum Gasteiger partial charge on any atom is -0.406 e. The lowest BCUT2D eigenvalue weighted by atomic mass is 9.94. The first-order valence-corrected chi connectivity index (χ1v) is 12.2. The van der Waals surface area contributed by atoms with Gasteiger partial charge in [-0.2, -0.15) is 0 Å². The van der Waals surface area contributed by atoms with E-state index in [1.54, 1.807) is 6.20 Å². The Kier molecular flexibility index (Phi) is 7.06. The van der Waals surface area contributed by atoms with Gasteiger partial charge in [-0.25, -0.2) is 9.80 Å². The van der Waals surface area contributed by atoms with Gasteiger partial charge >= 0.3 is 12.4 Å². The van der Waals surface area contributed by atoms with Gasteiger partial charge in [-0.15, -0.1) is 18.7 Å². The van der Waals surface area contributed by atoms with Crippen molar-refractivity contribution >= 4 is 11.7 Å². The third-order valence-electron chi connectivity index (χ3n) is 6.66. The van der Waals surface area contributed by atoms with E-state index in [9.17, 15) is 18.0 Å². The second kappa shape index (κ2) is 10.4. The van der Waals surface area contributed by atoms with Gasteiger partial charge in [0.15, 0.2) is 0 Å². The van der Waals surface area contributed by atoms with Crippen LogP contribution in [0.3, 0.4) is 0 Å². The fourth-order valence-electron chi connectivity index (χ4n) is 4.56. The minimum atomic E-state index is -4.75. The molecule has 1 aliphatic carbocycles. The van der Waals surface area contributed by atoms with Crippen molar-refractivity contribution in [2.75, 3.05) is 13.2 Å². The molecule has 1 saturated heterocycles. The van der Waals surface area contributed by atoms with Crippen molar-refractivity contribution in [2.45, 2.75) is 50.6 Å². The number of piperidine rings is 1. The number of alkyl halides is 3. The van der Waals surface area contributed by atoms with Crippen LogP contribution in [0.4, 0.5) is 18.0 Å². The van der Waals surface area contributed by atoms with Crippen LogP contribution in [0.2, 0.25) is 0 Å². The van der Waals surface area contributed by atoms with E-state index >= 15 is 0 Å². The fourth-order valence-corrected chi connectivity index (χ4v) is 4.56. The number of benzene rings is 2. The highest BCUT2D eigenvalue weighted by atomic mass is 19.4. The Labute approximate surface area is 207 Å². The molecule has 2 aromatic carbocycles. The summed E-state index contributed by atoms with van der Waals surface area (Å²) in [7, 11) is 0. The summed E-state index contributed by atoms with van der Waals surface area (Å²) in [5, 5.41) is 1.37. The zero-order valence-electron chi connectivity index (χ0n) is 19.7. The molecule has 10 heteroatoms. The normalized spacial score (nSPS) is 22.2. The van der Waals surface area contributed by atoms with Crippen molar-refractivity contribution in [3.05, 3.63) is 71.9 Å². The van der Waals surface area contributed by atoms with Crippen LogP contribution in [-0.4, -0.2) is 47.6 Å². The van der Waals surface area contributed by atoms with Crippen molar-refractivity contribution in [1.82, 2.24) is 20.9 Å². The maximum Gasteiger partial charge on any atom is 0.573 e. The summed E-state index contributed by atoms with van der Waals surface area (Å²) in [5.74, 6) is 0.346. The Morgan fingerprint density at radius 1 is 1.00 bits per heavy atom. The molecular weight excluding hydrogens is 473 g/mol. The predicted molar refractivity (Wildman–Crippen MR) is 127 cm³/mol. The van der Waals surface area contributed by atoms with Gasteiger partial charge in [0.05, 0.1) is 18.0 Å². The molecule has 2 atom stereocenters. The number of hydrazine groups is 2. The first-order chi connectivity index (χ1) is 17.3. The van der Waals surface area contributed by atoms with Crippen molar-refractivity contribution in [1.29, 1.82) is 0 Å². The fraction of sp³-hybridized carbons (Fsp3) is 0.423. The predicted octanol–water partition coefficient (Wildman–Crippen LogP) is 4.83. The van der Waals surface area contributed by atoms with Crippen LogP contribution in [0.25, 0.3) is 5.70 Å². The largest absolute Gasteiger partial charge is 0.573 e. The van der Waals surface area contributed by atoms with Crippen LogP contribution in [0, 0.1) is 5.92 Å². The summed E-state index contributed by atoms with van der Waals surface area (Å²) in [6.07, 6.45) is 1.79. The highest BCUT2D eigenvalue weighted by Crippen LogP contribution is 2.31. The summed E-state index contributed by atoms with van der Waals surface area (Å²) < 4.78 is 47.4. The van der Waals surface area contributed by atoms with Gasteiger partial charge in [0.2, 0.25) is 0 Å². The topological polar surface area (TPSA) is 66.1 Å². The molecule has 2 aliphatic heterocycles. The lowest BCUT2D eigenvalue weighted by Crippen LogP contribution is -2.56. The number of ether oxygens (including phenoxy) is 2. The standard InChI is InChI=1S/C26H29F3N4O3/c27-26(28,29)36-22-11-8-20(9-12-22)24-16-33(31-30-24)25(34)32-15-23(35-17-19-6-7-19)13-10-21(32)14-18-4-2-1-3-5-18/h1-5,8-9,11-12,16,19,21,23,30-31H,6-7,10,13-15,17H2/t21-,23-/m1/s1. The van der Waals surface area contributed by atoms with Crippen LogP contribution in [-0.2, 0) is 11.2 Å². The number of nitrogens with one attached hydrogen (secondary N) is 2. The minimum absolute atomic E-state index is 0.00163. The number of hydrogen-bond acceptors (Lipinski definition) is 5. The van der Waals surface area contributed by atoms with Crippen LogP contribution < -0.4 is 15.7 Å². The number of urea groups is 1. The van der Waals surface area contributed by atoms with Crippen LogP contribution in [0.1, 0.15) is 36.8 Å².